The van der Waals surface area contributed by atoms with Gasteiger partial charge in [-0.2, -0.15) is 0 Å². The van der Waals surface area contributed by atoms with Gasteiger partial charge in [0.15, 0.2) is 0 Å². The fraction of sp³-hybridized carbons (Fsp3) is 0.125. The van der Waals surface area contributed by atoms with Crippen LogP contribution in [0.15, 0.2) is 58.8 Å². The summed E-state index contributed by atoms with van der Waals surface area (Å²) in [5.41, 5.74) is 7.58. The molecule has 0 radical (unpaired) electrons. The molecule has 2 N–H and O–H groups in total. The Morgan fingerprint density at radius 3 is 2.80 bits per heavy atom. The van der Waals surface area contributed by atoms with E-state index in [4.69, 9.17) is 17.3 Å². The van der Waals surface area contributed by atoms with Crippen LogP contribution in [0.2, 0.25) is 5.02 Å². The number of nitrogens with two attached hydrogens (primary N) is 1. The van der Waals surface area contributed by atoms with Crippen LogP contribution in [0, 0.1) is 0 Å². The van der Waals surface area contributed by atoms with E-state index in [1.807, 2.05) is 24.3 Å². The maximum Gasteiger partial charge on any atom is 0.0541 e. The number of hydrogen-bond donors (Lipinski definition) is 1. The normalized spacial score (nSPS) is 12.7. The molecule has 0 saturated heterocycles. The van der Waals surface area contributed by atoms with Crippen LogP contribution < -0.4 is 5.73 Å². The molecule has 3 aromatic rings. The summed E-state index contributed by atoms with van der Waals surface area (Å²) < 4.78 is 1.29. The average Bonchev–Trinajstić information content (AvgIpc) is 2.94. The Kier molecular flexibility index (Phi) is 4.32. The molecule has 0 amide bonds. The molecule has 102 valence electrons. The van der Waals surface area contributed by atoms with E-state index in [9.17, 15) is 0 Å². The monoisotopic (exact) mass is 319 g/mol. The van der Waals surface area contributed by atoms with Crippen molar-refractivity contribution in [3.63, 3.8) is 0 Å². The van der Waals surface area contributed by atoms with E-state index in [1.54, 1.807) is 23.1 Å². The van der Waals surface area contributed by atoms with Crippen molar-refractivity contribution in [2.45, 2.75) is 10.9 Å². The molecule has 0 spiro atoms. The predicted molar refractivity (Wildman–Crippen MR) is 90.9 cm³/mol. The number of thioether (sulfide) groups is 1. The molecule has 0 aliphatic rings. The lowest BCUT2D eigenvalue weighted by molar-refractivity contribution is 0.841. The molecule has 20 heavy (non-hydrogen) atoms. The van der Waals surface area contributed by atoms with Crippen molar-refractivity contribution < 1.29 is 0 Å². The van der Waals surface area contributed by atoms with Gasteiger partial charge in [0, 0.05) is 21.4 Å². The third-order valence-corrected chi connectivity index (χ3v) is 5.78. The summed E-state index contributed by atoms with van der Waals surface area (Å²) in [7, 11) is 0. The third-order valence-electron chi connectivity index (χ3n) is 3.16. The first-order valence-electron chi connectivity index (χ1n) is 6.35. The van der Waals surface area contributed by atoms with Crippen LogP contribution in [0.4, 0.5) is 0 Å². The summed E-state index contributed by atoms with van der Waals surface area (Å²) in [5.74, 6) is 0.820. The minimum atomic E-state index is 0.0126. The van der Waals surface area contributed by atoms with Crippen molar-refractivity contribution in [3.05, 3.63) is 64.5 Å². The molecule has 1 aromatic heterocycles. The molecular formula is C16H14ClNS2. The standard InChI is InChI=1S/C16H14ClNS2/c17-13-6-1-2-7-15(13)20-10-14(18)12-5-3-4-11-8-9-19-16(11)12/h1-9,14H,10,18H2. The van der Waals surface area contributed by atoms with E-state index in [0.717, 1.165) is 15.7 Å². The van der Waals surface area contributed by atoms with Crippen LogP contribution in [0.3, 0.4) is 0 Å². The highest BCUT2D eigenvalue weighted by Gasteiger charge is 2.12. The summed E-state index contributed by atoms with van der Waals surface area (Å²) in [6.07, 6.45) is 0. The molecule has 0 aliphatic carbocycles. The molecule has 0 fully saturated rings. The molecule has 0 bridgehead atoms. The number of benzene rings is 2. The molecule has 3 rings (SSSR count). The van der Waals surface area contributed by atoms with Crippen LogP contribution in [0.5, 0.6) is 0 Å². The molecule has 1 heterocycles. The highest BCUT2D eigenvalue weighted by atomic mass is 35.5. The van der Waals surface area contributed by atoms with Crippen molar-refractivity contribution in [2.24, 2.45) is 5.73 Å². The lowest BCUT2D eigenvalue weighted by Crippen LogP contribution is -2.13. The SMILES string of the molecule is NC(CSc1ccccc1Cl)c1cccc2ccsc12. The van der Waals surface area contributed by atoms with Crippen LogP contribution in [0.1, 0.15) is 11.6 Å². The van der Waals surface area contributed by atoms with Crippen LogP contribution >= 0.6 is 34.7 Å². The number of thiophene rings is 1. The zero-order chi connectivity index (χ0) is 13.9. The van der Waals surface area contributed by atoms with Crippen LogP contribution in [-0.4, -0.2) is 5.75 Å². The van der Waals surface area contributed by atoms with Gasteiger partial charge in [0.05, 0.1) is 5.02 Å². The smallest absolute Gasteiger partial charge is 0.0541 e. The lowest BCUT2D eigenvalue weighted by Gasteiger charge is -2.13. The Labute approximate surface area is 131 Å². The molecule has 0 saturated carbocycles. The zero-order valence-electron chi connectivity index (χ0n) is 10.8. The van der Waals surface area contributed by atoms with E-state index in [0.29, 0.717) is 0 Å². The molecule has 1 nitrogen and oxygen atoms in total. The van der Waals surface area contributed by atoms with E-state index in [1.165, 1.54) is 15.6 Å². The molecule has 1 unspecified atom stereocenters. The first kappa shape index (κ1) is 14.0. The molecule has 4 heteroatoms. The Morgan fingerprint density at radius 2 is 1.95 bits per heavy atom. The lowest BCUT2D eigenvalue weighted by atomic mass is 10.1. The van der Waals surface area contributed by atoms with Crippen LogP contribution in [-0.2, 0) is 0 Å². The number of hydrogen-bond acceptors (Lipinski definition) is 3. The molecule has 0 aliphatic heterocycles. The van der Waals surface area contributed by atoms with Gasteiger partial charge in [-0.15, -0.1) is 23.1 Å². The maximum atomic E-state index is 6.36. The van der Waals surface area contributed by atoms with Crippen LogP contribution in [0.25, 0.3) is 10.1 Å². The highest BCUT2D eigenvalue weighted by molar-refractivity contribution is 7.99. The zero-order valence-corrected chi connectivity index (χ0v) is 13.1. The van der Waals surface area contributed by atoms with Gasteiger partial charge in [0.1, 0.15) is 0 Å². The quantitative estimate of drug-likeness (QED) is 0.656. The molecule has 1 atom stereocenters. The summed E-state index contributed by atoms with van der Waals surface area (Å²) in [5, 5.41) is 4.17. The second-order valence-electron chi connectivity index (χ2n) is 4.53. The van der Waals surface area contributed by atoms with Gasteiger partial charge in [0.2, 0.25) is 0 Å². The Bertz CT molecular complexity index is 723. The second-order valence-corrected chi connectivity index (χ2v) is 6.92. The Hall–Kier alpha value is -1.00. The fourth-order valence-corrected chi connectivity index (χ4v) is 4.34. The van der Waals surface area contributed by atoms with Crippen molar-refractivity contribution in [2.75, 3.05) is 5.75 Å². The van der Waals surface area contributed by atoms with Gasteiger partial charge in [-0.1, -0.05) is 41.9 Å². The number of fused-ring (bicyclic) bond motifs is 1. The van der Waals surface area contributed by atoms with Crippen molar-refractivity contribution >= 4 is 44.8 Å². The first-order chi connectivity index (χ1) is 9.75. The Morgan fingerprint density at radius 1 is 1.10 bits per heavy atom. The minimum Gasteiger partial charge on any atom is -0.323 e. The maximum absolute atomic E-state index is 6.36. The molecular weight excluding hydrogens is 306 g/mol. The van der Waals surface area contributed by atoms with Crippen molar-refractivity contribution in [1.82, 2.24) is 0 Å². The molecule has 2 aromatic carbocycles. The van der Waals surface area contributed by atoms with Crippen molar-refractivity contribution in [3.8, 4) is 0 Å². The topological polar surface area (TPSA) is 26.0 Å². The van der Waals surface area contributed by atoms with Gasteiger partial charge in [0.25, 0.3) is 0 Å². The van der Waals surface area contributed by atoms with Gasteiger partial charge >= 0.3 is 0 Å². The number of halogens is 1. The van der Waals surface area contributed by atoms with E-state index >= 15 is 0 Å². The summed E-state index contributed by atoms with van der Waals surface area (Å²) >= 11 is 9.63. The van der Waals surface area contributed by atoms with Gasteiger partial charge in [-0.05, 0) is 34.5 Å². The summed E-state index contributed by atoms with van der Waals surface area (Å²) in [6.45, 7) is 0. The van der Waals surface area contributed by atoms with E-state index in [-0.39, 0.29) is 6.04 Å². The van der Waals surface area contributed by atoms with Gasteiger partial charge in [-0.25, -0.2) is 0 Å². The van der Waals surface area contributed by atoms with Crippen molar-refractivity contribution in [1.29, 1.82) is 0 Å². The summed E-state index contributed by atoms with van der Waals surface area (Å²) in [6, 6.07) is 16.4. The van der Waals surface area contributed by atoms with Gasteiger partial charge < -0.3 is 5.73 Å². The Balaban J connectivity index is 1.78. The van der Waals surface area contributed by atoms with Gasteiger partial charge in [-0.3, -0.25) is 0 Å². The van der Waals surface area contributed by atoms with E-state index < -0.39 is 0 Å². The highest BCUT2D eigenvalue weighted by Crippen LogP contribution is 2.33. The fourth-order valence-electron chi connectivity index (χ4n) is 2.14. The first-order valence-corrected chi connectivity index (χ1v) is 8.59. The number of rotatable bonds is 4. The predicted octanol–water partition coefficient (Wildman–Crippen LogP) is 5.35. The third kappa shape index (κ3) is 2.86. The minimum absolute atomic E-state index is 0.0126. The van der Waals surface area contributed by atoms with E-state index in [2.05, 4.69) is 29.6 Å². The average molecular weight is 320 g/mol. The summed E-state index contributed by atoms with van der Waals surface area (Å²) in [4.78, 5) is 1.09. The second kappa shape index (κ2) is 6.19. The largest absolute Gasteiger partial charge is 0.323 e.